The summed E-state index contributed by atoms with van der Waals surface area (Å²) in [5, 5.41) is 14.4. The Morgan fingerprint density at radius 1 is 1.32 bits per heavy atom. The van der Waals surface area contributed by atoms with Crippen LogP contribution in [0, 0.1) is 6.92 Å². The molecule has 1 N–H and O–H groups in total. The summed E-state index contributed by atoms with van der Waals surface area (Å²) in [5.41, 5.74) is 0.939. The van der Waals surface area contributed by atoms with Crippen LogP contribution in [0.25, 0.3) is 11.3 Å². The summed E-state index contributed by atoms with van der Waals surface area (Å²) in [6.45, 7) is 3.34. The lowest BCUT2D eigenvalue weighted by molar-refractivity contribution is -0.124. The van der Waals surface area contributed by atoms with Gasteiger partial charge in [-0.05, 0) is 25.1 Å². The number of carbonyl (C=O) groups is 1. The molecule has 1 amide bonds. The van der Waals surface area contributed by atoms with Crippen molar-refractivity contribution in [3.63, 3.8) is 0 Å². The first-order chi connectivity index (χ1) is 12.0. The molecule has 0 aliphatic rings. The van der Waals surface area contributed by atoms with Crippen LogP contribution in [0.4, 0.5) is 0 Å². The van der Waals surface area contributed by atoms with E-state index in [2.05, 4.69) is 25.6 Å². The highest BCUT2D eigenvalue weighted by atomic mass is 16.4. The summed E-state index contributed by atoms with van der Waals surface area (Å²) >= 11 is 0. The van der Waals surface area contributed by atoms with Gasteiger partial charge >= 0.3 is 0 Å². The fourth-order valence-corrected chi connectivity index (χ4v) is 2.20. The van der Waals surface area contributed by atoms with Gasteiger partial charge in [0, 0.05) is 30.9 Å². The largest absolute Gasteiger partial charge is 0.424 e. The van der Waals surface area contributed by atoms with Crippen LogP contribution in [0.5, 0.6) is 0 Å². The Morgan fingerprint density at radius 2 is 2.16 bits per heavy atom. The average molecular weight is 340 g/mol. The second-order valence-corrected chi connectivity index (χ2v) is 5.35. The minimum atomic E-state index is -0.798. The number of aromatic nitrogens is 5. The first-order valence-corrected chi connectivity index (χ1v) is 7.61. The van der Waals surface area contributed by atoms with Crippen molar-refractivity contribution < 1.29 is 9.21 Å². The molecule has 9 heteroatoms. The van der Waals surface area contributed by atoms with Gasteiger partial charge in [-0.3, -0.25) is 14.6 Å². The van der Waals surface area contributed by atoms with Gasteiger partial charge in [-0.15, -0.1) is 10.2 Å². The van der Waals surface area contributed by atoms with Crippen molar-refractivity contribution in [1.82, 2.24) is 30.3 Å². The second kappa shape index (κ2) is 7.04. The van der Waals surface area contributed by atoms with Crippen molar-refractivity contribution in [3.05, 3.63) is 58.8 Å². The van der Waals surface area contributed by atoms with Crippen molar-refractivity contribution in [1.29, 1.82) is 0 Å². The number of hydrogen-bond acceptors (Lipinski definition) is 7. The second-order valence-electron chi connectivity index (χ2n) is 5.35. The molecule has 3 aromatic rings. The van der Waals surface area contributed by atoms with Gasteiger partial charge in [0.2, 0.25) is 17.7 Å². The first-order valence-electron chi connectivity index (χ1n) is 7.61. The molecule has 0 saturated carbocycles. The molecule has 1 unspecified atom stereocenters. The van der Waals surface area contributed by atoms with Crippen LogP contribution in [0.1, 0.15) is 24.7 Å². The maximum Gasteiger partial charge on any atom is 0.267 e. The van der Waals surface area contributed by atoms with E-state index in [1.807, 2.05) is 6.07 Å². The zero-order valence-corrected chi connectivity index (χ0v) is 13.7. The van der Waals surface area contributed by atoms with E-state index in [1.54, 1.807) is 38.4 Å². The lowest BCUT2D eigenvalue weighted by Crippen LogP contribution is -2.36. The van der Waals surface area contributed by atoms with E-state index in [4.69, 9.17) is 4.42 Å². The molecule has 0 bridgehead atoms. The van der Waals surface area contributed by atoms with E-state index in [1.165, 1.54) is 6.07 Å². The van der Waals surface area contributed by atoms with Crippen LogP contribution >= 0.6 is 0 Å². The highest BCUT2D eigenvalue weighted by Crippen LogP contribution is 2.14. The minimum Gasteiger partial charge on any atom is -0.424 e. The predicted octanol–water partition coefficient (Wildman–Crippen LogP) is 0.874. The van der Waals surface area contributed by atoms with Crippen LogP contribution in [0.15, 0.2) is 45.9 Å². The summed E-state index contributed by atoms with van der Waals surface area (Å²) in [4.78, 5) is 28.4. The van der Waals surface area contributed by atoms with E-state index >= 15 is 0 Å². The Hall–Kier alpha value is -3.36. The summed E-state index contributed by atoms with van der Waals surface area (Å²) < 4.78 is 6.33. The van der Waals surface area contributed by atoms with E-state index in [0.717, 1.165) is 10.2 Å². The van der Waals surface area contributed by atoms with E-state index in [-0.39, 0.29) is 18.0 Å². The highest BCUT2D eigenvalue weighted by molar-refractivity contribution is 5.79. The monoisotopic (exact) mass is 340 g/mol. The zero-order chi connectivity index (χ0) is 17.8. The molecule has 0 aliphatic carbocycles. The van der Waals surface area contributed by atoms with Crippen molar-refractivity contribution in [2.45, 2.75) is 26.4 Å². The lowest BCUT2D eigenvalue weighted by Gasteiger charge is -2.14. The van der Waals surface area contributed by atoms with Crippen molar-refractivity contribution in [2.75, 3.05) is 0 Å². The molecule has 128 valence electrons. The smallest absolute Gasteiger partial charge is 0.267 e. The number of nitrogens with zero attached hydrogens (tertiary/aromatic N) is 5. The van der Waals surface area contributed by atoms with Gasteiger partial charge < -0.3 is 9.73 Å². The molecule has 25 heavy (non-hydrogen) atoms. The van der Waals surface area contributed by atoms with E-state index in [0.29, 0.717) is 17.5 Å². The summed E-state index contributed by atoms with van der Waals surface area (Å²) in [6, 6.07) is 5.78. The Labute approximate surface area is 142 Å². The molecule has 3 rings (SSSR count). The summed E-state index contributed by atoms with van der Waals surface area (Å²) in [6.07, 6.45) is 3.29. The quantitative estimate of drug-likeness (QED) is 0.732. The van der Waals surface area contributed by atoms with E-state index < -0.39 is 6.04 Å². The van der Waals surface area contributed by atoms with Crippen molar-refractivity contribution in [3.8, 4) is 11.3 Å². The minimum absolute atomic E-state index is 0.0844. The number of hydrogen-bond donors (Lipinski definition) is 1. The lowest BCUT2D eigenvalue weighted by atomic mass is 10.2. The van der Waals surface area contributed by atoms with Crippen LogP contribution < -0.4 is 10.9 Å². The third-order valence-electron chi connectivity index (χ3n) is 3.51. The molecular weight excluding hydrogens is 324 g/mol. The fourth-order valence-electron chi connectivity index (χ4n) is 2.20. The number of amides is 1. The maximum absolute atomic E-state index is 12.3. The standard InChI is InChI=1S/C16H16N6O3/c1-10(16(24)18-9-14-20-19-11(2)25-14)22-15(23)6-5-13(21-22)12-4-3-7-17-8-12/h3-8,10H,9H2,1-2H3,(H,18,24). The fraction of sp³-hybridized carbons (Fsp3) is 0.250. The SMILES string of the molecule is Cc1nnc(CNC(=O)C(C)n2nc(-c3cccnc3)ccc2=O)o1. The summed E-state index contributed by atoms with van der Waals surface area (Å²) in [7, 11) is 0. The average Bonchev–Trinajstić information content (AvgIpc) is 3.05. The van der Waals surface area contributed by atoms with Gasteiger partial charge in [0.1, 0.15) is 6.04 Å². The number of carbonyl (C=O) groups excluding carboxylic acids is 1. The molecule has 0 aromatic carbocycles. The van der Waals surface area contributed by atoms with Gasteiger partial charge in [-0.1, -0.05) is 0 Å². The normalized spacial score (nSPS) is 11.9. The molecule has 0 fully saturated rings. The maximum atomic E-state index is 12.3. The number of pyridine rings is 1. The Bertz CT molecular complexity index is 934. The first kappa shape index (κ1) is 16.5. The molecule has 0 radical (unpaired) electrons. The van der Waals surface area contributed by atoms with Gasteiger partial charge in [-0.2, -0.15) is 5.10 Å². The predicted molar refractivity (Wildman–Crippen MR) is 87.3 cm³/mol. The van der Waals surface area contributed by atoms with Gasteiger partial charge in [0.05, 0.1) is 12.2 Å². The molecular formula is C16H16N6O3. The Kier molecular flexibility index (Phi) is 4.64. The molecule has 1 atom stereocenters. The third-order valence-corrected chi connectivity index (χ3v) is 3.51. The zero-order valence-electron chi connectivity index (χ0n) is 13.7. The Balaban J connectivity index is 1.77. The van der Waals surface area contributed by atoms with Crippen LogP contribution in [-0.2, 0) is 11.3 Å². The molecule has 3 heterocycles. The Morgan fingerprint density at radius 3 is 2.84 bits per heavy atom. The number of aryl methyl sites for hydroxylation is 1. The van der Waals surface area contributed by atoms with Crippen LogP contribution in [-0.4, -0.2) is 30.9 Å². The third kappa shape index (κ3) is 3.77. The number of rotatable bonds is 5. The molecule has 9 nitrogen and oxygen atoms in total. The molecule has 0 spiro atoms. The number of nitrogens with one attached hydrogen (secondary N) is 1. The van der Waals surface area contributed by atoms with Gasteiger partial charge in [0.25, 0.3) is 5.56 Å². The van der Waals surface area contributed by atoms with Crippen molar-refractivity contribution in [2.24, 2.45) is 0 Å². The van der Waals surface area contributed by atoms with Gasteiger partial charge in [-0.25, -0.2) is 4.68 Å². The topological polar surface area (TPSA) is 116 Å². The van der Waals surface area contributed by atoms with Crippen LogP contribution in [0.3, 0.4) is 0 Å². The van der Waals surface area contributed by atoms with Crippen LogP contribution in [0.2, 0.25) is 0 Å². The highest BCUT2D eigenvalue weighted by Gasteiger charge is 2.18. The molecule has 3 aromatic heterocycles. The summed E-state index contributed by atoms with van der Waals surface area (Å²) in [5.74, 6) is 0.329. The van der Waals surface area contributed by atoms with Crippen molar-refractivity contribution >= 4 is 5.91 Å². The molecule has 0 saturated heterocycles. The van der Waals surface area contributed by atoms with E-state index in [9.17, 15) is 9.59 Å². The van der Waals surface area contributed by atoms with Gasteiger partial charge in [0.15, 0.2) is 0 Å². The molecule has 0 aliphatic heterocycles.